The van der Waals surface area contributed by atoms with E-state index in [-0.39, 0.29) is 12.0 Å². The molecule has 2 amide bonds. The van der Waals surface area contributed by atoms with Crippen LogP contribution in [0.5, 0.6) is 0 Å². The van der Waals surface area contributed by atoms with Gasteiger partial charge in [-0.3, -0.25) is 4.79 Å². The summed E-state index contributed by atoms with van der Waals surface area (Å²) in [5.74, 6) is 0.264. The Bertz CT molecular complexity index is 338. The second-order valence-electron chi connectivity index (χ2n) is 6.97. The average Bonchev–Trinajstić information content (AvgIpc) is 2.44. The maximum Gasteiger partial charge on any atom is 0.407 e. The van der Waals surface area contributed by atoms with Crippen LogP contribution in [0, 0.1) is 0 Å². The van der Waals surface area contributed by atoms with Crippen molar-refractivity contribution in [3.63, 3.8) is 0 Å². The van der Waals surface area contributed by atoms with Crippen molar-refractivity contribution in [3.8, 4) is 0 Å². The number of unbranched alkanes of at least 4 members (excludes halogenated alkanes) is 3. The lowest BCUT2D eigenvalue weighted by Crippen LogP contribution is -2.34. The van der Waals surface area contributed by atoms with Gasteiger partial charge < -0.3 is 15.0 Å². The van der Waals surface area contributed by atoms with E-state index in [0.29, 0.717) is 13.0 Å². The zero-order valence-electron chi connectivity index (χ0n) is 15.7. The Balaban J connectivity index is 3.91. The average molecular weight is 328 g/mol. The Labute approximate surface area is 142 Å². The summed E-state index contributed by atoms with van der Waals surface area (Å²) in [6.07, 6.45) is 6.24. The third-order valence-electron chi connectivity index (χ3n) is 3.36. The number of hydrogen-bond donors (Lipinski definition) is 1. The largest absolute Gasteiger partial charge is 0.444 e. The molecule has 0 saturated heterocycles. The molecular formula is C18H36N2O3. The Hall–Kier alpha value is -1.26. The number of nitrogens with one attached hydrogen (secondary N) is 1. The van der Waals surface area contributed by atoms with Gasteiger partial charge in [-0.25, -0.2) is 4.79 Å². The van der Waals surface area contributed by atoms with Gasteiger partial charge in [0.1, 0.15) is 5.60 Å². The SMILES string of the molecule is CCCCCC(=O)N(CCC)CCCCNC(=O)OC(C)(C)C. The molecule has 0 rings (SSSR count). The van der Waals surface area contributed by atoms with E-state index in [9.17, 15) is 9.59 Å². The number of hydrogen-bond acceptors (Lipinski definition) is 3. The van der Waals surface area contributed by atoms with E-state index >= 15 is 0 Å². The van der Waals surface area contributed by atoms with Crippen LogP contribution in [0.4, 0.5) is 4.79 Å². The molecule has 5 nitrogen and oxygen atoms in total. The van der Waals surface area contributed by atoms with Crippen molar-refractivity contribution in [1.29, 1.82) is 0 Å². The predicted octanol–water partition coefficient (Wildman–Crippen LogP) is 4.11. The minimum Gasteiger partial charge on any atom is -0.444 e. The summed E-state index contributed by atoms with van der Waals surface area (Å²) in [5, 5.41) is 2.75. The molecule has 136 valence electrons. The highest BCUT2D eigenvalue weighted by molar-refractivity contribution is 5.76. The molecule has 1 N–H and O–H groups in total. The van der Waals surface area contributed by atoms with Crippen molar-refractivity contribution < 1.29 is 14.3 Å². The highest BCUT2D eigenvalue weighted by Crippen LogP contribution is 2.07. The zero-order valence-corrected chi connectivity index (χ0v) is 15.7. The van der Waals surface area contributed by atoms with E-state index < -0.39 is 5.60 Å². The standard InChI is InChI=1S/C18H36N2O3/c1-6-8-9-12-16(21)20(14-7-2)15-11-10-13-19-17(22)23-18(3,4)5/h6-15H2,1-5H3,(H,19,22). The molecule has 0 atom stereocenters. The molecule has 0 fully saturated rings. The van der Waals surface area contributed by atoms with Gasteiger partial charge >= 0.3 is 6.09 Å². The fourth-order valence-electron chi connectivity index (χ4n) is 2.25. The van der Waals surface area contributed by atoms with Crippen molar-refractivity contribution in [1.82, 2.24) is 10.2 Å². The van der Waals surface area contributed by atoms with Crippen LogP contribution in [-0.4, -0.2) is 42.1 Å². The van der Waals surface area contributed by atoms with Crippen molar-refractivity contribution in [3.05, 3.63) is 0 Å². The van der Waals surface area contributed by atoms with E-state index in [4.69, 9.17) is 4.74 Å². The molecule has 0 aliphatic rings. The second-order valence-corrected chi connectivity index (χ2v) is 6.97. The monoisotopic (exact) mass is 328 g/mol. The van der Waals surface area contributed by atoms with Gasteiger partial charge in [-0.15, -0.1) is 0 Å². The van der Waals surface area contributed by atoms with Gasteiger partial charge in [0.15, 0.2) is 0 Å². The van der Waals surface area contributed by atoms with Gasteiger partial charge in [-0.1, -0.05) is 26.7 Å². The molecule has 0 aromatic rings. The lowest BCUT2D eigenvalue weighted by Gasteiger charge is -2.22. The zero-order chi connectivity index (χ0) is 17.7. The normalized spacial score (nSPS) is 11.2. The van der Waals surface area contributed by atoms with Gasteiger partial charge in [-0.2, -0.15) is 0 Å². The molecule has 0 unspecified atom stereocenters. The predicted molar refractivity (Wildman–Crippen MR) is 94.5 cm³/mol. The molecule has 0 spiro atoms. The molecule has 0 heterocycles. The summed E-state index contributed by atoms with van der Waals surface area (Å²) in [7, 11) is 0. The minimum atomic E-state index is -0.465. The minimum absolute atomic E-state index is 0.264. The van der Waals surface area contributed by atoms with Gasteiger partial charge in [0.05, 0.1) is 0 Å². The van der Waals surface area contributed by atoms with Crippen LogP contribution in [0.25, 0.3) is 0 Å². The van der Waals surface area contributed by atoms with Crippen LogP contribution in [0.1, 0.15) is 79.6 Å². The maximum atomic E-state index is 12.2. The molecule has 0 aromatic carbocycles. The van der Waals surface area contributed by atoms with Crippen molar-refractivity contribution >= 4 is 12.0 Å². The van der Waals surface area contributed by atoms with Crippen molar-refractivity contribution in [2.75, 3.05) is 19.6 Å². The lowest BCUT2D eigenvalue weighted by atomic mass is 10.2. The molecule has 23 heavy (non-hydrogen) atoms. The van der Waals surface area contributed by atoms with Gasteiger partial charge in [0.25, 0.3) is 0 Å². The fraction of sp³-hybridized carbons (Fsp3) is 0.889. The van der Waals surface area contributed by atoms with Crippen molar-refractivity contribution in [2.45, 2.75) is 85.2 Å². The van der Waals surface area contributed by atoms with E-state index in [2.05, 4.69) is 19.2 Å². The summed E-state index contributed by atoms with van der Waals surface area (Å²) in [6.45, 7) is 12.0. The number of rotatable bonds is 11. The van der Waals surface area contributed by atoms with Crippen LogP contribution >= 0.6 is 0 Å². The number of ether oxygens (including phenoxy) is 1. The van der Waals surface area contributed by atoms with E-state index in [1.54, 1.807) is 0 Å². The quantitative estimate of drug-likeness (QED) is 0.581. The summed E-state index contributed by atoms with van der Waals surface area (Å²) < 4.78 is 5.18. The molecule has 5 heteroatoms. The summed E-state index contributed by atoms with van der Waals surface area (Å²) in [4.78, 5) is 25.6. The highest BCUT2D eigenvalue weighted by atomic mass is 16.6. The molecule has 0 aromatic heterocycles. The Kier molecular flexibility index (Phi) is 11.5. The molecule has 0 saturated carbocycles. The first kappa shape index (κ1) is 21.7. The number of alkyl carbamates (subject to hydrolysis) is 1. The third-order valence-corrected chi connectivity index (χ3v) is 3.36. The molecule has 0 bridgehead atoms. The van der Waals surface area contributed by atoms with E-state index in [1.165, 1.54) is 0 Å². The van der Waals surface area contributed by atoms with Crippen LogP contribution in [0.2, 0.25) is 0 Å². The van der Waals surface area contributed by atoms with E-state index in [1.807, 2.05) is 25.7 Å². The third kappa shape index (κ3) is 12.9. The summed E-state index contributed by atoms with van der Waals surface area (Å²) in [5.41, 5.74) is -0.465. The molecule has 0 radical (unpaired) electrons. The van der Waals surface area contributed by atoms with Gasteiger partial charge in [0, 0.05) is 26.1 Å². The molecule has 0 aliphatic carbocycles. The molecular weight excluding hydrogens is 292 g/mol. The fourth-order valence-corrected chi connectivity index (χ4v) is 2.25. The summed E-state index contributed by atoms with van der Waals surface area (Å²) in [6, 6.07) is 0. The van der Waals surface area contributed by atoms with Crippen LogP contribution in [0.3, 0.4) is 0 Å². The van der Waals surface area contributed by atoms with Crippen LogP contribution in [0.15, 0.2) is 0 Å². The van der Waals surface area contributed by atoms with Gasteiger partial charge in [0.2, 0.25) is 5.91 Å². The Morgan fingerprint density at radius 1 is 0.957 bits per heavy atom. The number of carbonyl (C=O) groups is 2. The topological polar surface area (TPSA) is 58.6 Å². The van der Waals surface area contributed by atoms with Gasteiger partial charge in [-0.05, 0) is 46.5 Å². The number of nitrogens with zero attached hydrogens (tertiary/aromatic N) is 1. The number of carbonyl (C=O) groups excluding carboxylic acids is 2. The summed E-state index contributed by atoms with van der Waals surface area (Å²) >= 11 is 0. The second kappa shape index (κ2) is 12.2. The first-order valence-corrected chi connectivity index (χ1v) is 9.04. The van der Waals surface area contributed by atoms with E-state index in [0.717, 1.165) is 51.6 Å². The highest BCUT2D eigenvalue weighted by Gasteiger charge is 2.15. The first-order chi connectivity index (χ1) is 10.8. The lowest BCUT2D eigenvalue weighted by molar-refractivity contribution is -0.131. The smallest absolute Gasteiger partial charge is 0.407 e. The van der Waals surface area contributed by atoms with Crippen LogP contribution in [-0.2, 0) is 9.53 Å². The number of amides is 2. The molecule has 0 aliphatic heterocycles. The van der Waals surface area contributed by atoms with Crippen LogP contribution < -0.4 is 5.32 Å². The Morgan fingerprint density at radius 3 is 2.22 bits per heavy atom. The Morgan fingerprint density at radius 2 is 1.65 bits per heavy atom. The first-order valence-electron chi connectivity index (χ1n) is 9.04. The maximum absolute atomic E-state index is 12.2. The van der Waals surface area contributed by atoms with Crippen molar-refractivity contribution in [2.24, 2.45) is 0 Å².